The quantitative estimate of drug-likeness (QED) is 0.887. The van der Waals surface area contributed by atoms with Gasteiger partial charge in [0.15, 0.2) is 0 Å². The summed E-state index contributed by atoms with van der Waals surface area (Å²) in [5, 5.41) is 0. The van der Waals surface area contributed by atoms with Crippen LogP contribution in [0.1, 0.15) is 44.1 Å². The van der Waals surface area contributed by atoms with Crippen LogP contribution >= 0.6 is 0 Å². The first-order valence-corrected chi connectivity index (χ1v) is 7.18. The van der Waals surface area contributed by atoms with Crippen molar-refractivity contribution < 1.29 is 9.47 Å². The molecule has 0 spiro atoms. The molecule has 2 rings (SSSR count). The van der Waals surface area contributed by atoms with Crippen LogP contribution in [0.5, 0.6) is 11.5 Å². The Balaban J connectivity index is 2.44. The van der Waals surface area contributed by atoms with Crippen LogP contribution in [0.3, 0.4) is 0 Å². The molecule has 19 heavy (non-hydrogen) atoms. The molecular formula is C16H25NO2. The van der Waals surface area contributed by atoms with Gasteiger partial charge in [-0.2, -0.15) is 0 Å². The molecule has 0 radical (unpaired) electrons. The highest BCUT2D eigenvalue weighted by molar-refractivity contribution is 5.45. The van der Waals surface area contributed by atoms with E-state index in [9.17, 15) is 0 Å². The molecule has 1 aliphatic rings. The second kappa shape index (κ2) is 6.29. The van der Waals surface area contributed by atoms with Crippen LogP contribution in [-0.2, 0) is 5.41 Å². The fourth-order valence-corrected chi connectivity index (χ4v) is 3.39. The molecule has 0 aliphatic heterocycles. The smallest absolute Gasteiger partial charge is 0.122 e. The molecule has 1 aromatic rings. The number of ether oxygens (including phenoxy) is 2. The van der Waals surface area contributed by atoms with E-state index in [1.54, 1.807) is 14.2 Å². The molecule has 106 valence electrons. The van der Waals surface area contributed by atoms with Crippen LogP contribution in [0.25, 0.3) is 0 Å². The summed E-state index contributed by atoms with van der Waals surface area (Å²) in [7, 11) is 3.45. The van der Waals surface area contributed by atoms with Crippen molar-refractivity contribution in [2.75, 3.05) is 20.8 Å². The van der Waals surface area contributed by atoms with E-state index in [0.717, 1.165) is 24.5 Å². The Bertz CT molecular complexity index is 406. The minimum atomic E-state index is 0.173. The fourth-order valence-electron chi connectivity index (χ4n) is 3.39. The SMILES string of the molecule is COc1ccc(OC)c(C2(CCN)CCCCC2)c1. The second-order valence-corrected chi connectivity index (χ2v) is 5.45. The Labute approximate surface area is 116 Å². The van der Waals surface area contributed by atoms with E-state index >= 15 is 0 Å². The molecule has 3 nitrogen and oxygen atoms in total. The Kier molecular flexibility index (Phi) is 4.70. The highest BCUT2D eigenvalue weighted by atomic mass is 16.5. The number of hydrogen-bond acceptors (Lipinski definition) is 3. The van der Waals surface area contributed by atoms with E-state index in [-0.39, 0.29) is 5.41 Å². The highest BCUT2D eigenvalue weighted by Crippen LogP contribution is 2.46. The van der Waals surface area contributed by atoms with E-state index in [1.807, 2.05) is 12.1 Å². The summed E-state index contributed by atoms with van der Waals surface area (Å²) in [6, 6.07) is 6.11. The maximum atomic E-state index is 5.87. The van der Waals surface area contributed by atoms with Crippen LogP contribution in [0, 0.1) is 0 Å². The molecule has 1 fully saturated rings. The Morgan fingerprint density at radius 1 is 1.11 bits per heavy atom. The minimum Gasteiger partial charge on any atom is -0.497 e. The predicted octanol–water partition coefficient (Wildman–Crippen LogP) is 3.25. The van der Waals surface area contributed by atoms with Gasteiger partial charge >= 0.3 is 0 Å². The molecular weight excluding hydrogens is 238 g/mol. The van der Waals surface area contributed by atoms with E-state index in [2.05, 4.69) is 6.07 Å². The molecule has 2 N–H and O–H groups in total. The lowest BCUT2D eigenvalue weighted by atomic mass is 9.67. The average Bonchev–Trinajstić information content (AvgIpc) is 2.48. The van der Waals surface area contributed by atoms with Crippen molar-refractivity contribution >= 4 is 0 Å². The van der Waals surface area contributed by atoms with Gasteiger partial charge in [0.25, 0.3) is 0 Å². The van der Waals surface area contributed by atoms with Gasteiger partial charge in [-0.05, 0) is 44.0 Å². The average molecular weight is 263 g/mol. The standard InChI is InChI=1S/C16H25NO2/c1-18-13-6-7-15(19-2)14(12-13)16(10-11-17)8-4-3-5-9-16/h6-7,12H,3-5,8-11,17H2,1-2H3. The van der Waals surface area contributed by atoms with Crippen molar-refractivity contribution in [1.29, 1.82) is 0 Å². The Morgan fingerprint density at radius 3 is 2.42 bits per heavy atom. The Morgan fingerprint density at radius 2 is 1.84 bits per heavy atom. The van der Waals surface area contributed by atoms with Gasteiger partial charge in [-0.15, -0.1) is 0 Å². The summed E-state index contributed by atoms with van der Waals surface area (Å²) in [6.07, 6.45) is 7.32. The molecule has 0 bridgehead atoms. The molecule has 1 aromatic carbocycles. The summed E-state index contributed by atoms with van der Waals surface area (Å²) in [6.45, 7) is 0.723. The molecule has 1 saturated carbocycles. The van der Waals surface area contributed by atoms with E-state index in [0.29, 0.717) is 0 Å². The van der Waals surface area contributed by atoms with Crippen LogP contribution < -0.4 is 15.2 Å². The summed E-state index contributed by atoms with van der Waals surface area (Å²) in [5.41, 5.74) is 7.32. The maximum absolute atomic E-state index is 5.87. The first-order chi connectivity index (χ1) is 9.25. The molecule has 1 aliphatic carbocycles. The number of rotatable bonds is 5. The largest absolute Gasteiger partial charge is 0.497 e. The summed E-state index contributed by atoms with van der Waals surface area (Å²) in [4.78, 5) is 0. The zero-order valence-corrected chi connectivity index (χ0v) is 12.1. The van der Waals surface area contributed by atoms with Gasteiger partial charge in [0.2, 0.25) is 0 Å². The van der Waals surface area contributed by atoms with E-state index < -0.39 is 0 Å². The van der Waals surface area contributed by atoms with Gasteiger partial charge < -0.3 is 15.2 Å². The monoisotopic (exact) mass is 263 g/mol. The molecule has 0 aromatic heterocycles. The van der Waals surface area contributed by atoms with Crippen molar-refractivity contribution in [2.45, 2.75) is 43.9 Å². The van der Waals surface area contributed by atoms with E-state index in [4.69, 9.17) is 15.2 Å². The van der Waals surface area contributed by atoms with Crippen molar-refractivity contribution in [3.8, 4) is 11.5 Å². The predicted molar refractivity (Wildman–Crippen MR) is 78.0 cm³/mol. The number of hydrogen-bond donors (Lipinski definition) is 1. The van der Waals surface area contributed by atoms with Gasteiger partial charge in [0.05, 0.1) is 14.2 Å². The summed E-state index contributed by atoms with van der Waals surface area (Å²) < 4.78 is 11.0. The first kappa shape index (κ1) is 14.2. The second-order valence-electron chi connectivity index (χ2n) is 5.45. The molecule has 0 amide bonds. The van der Waals surface area contributed by atoms with E-state index in [1.165, 1.54) is 37.7 Å². The van der Waals surface area contributed by atoms with Crippen molar-refractivity contribution in [2.24, 2.45) is 5.73 Å². The molecule has 3 heteroatoms. The Hall–Kier alpha value is -1.22. The minimum absolute atomic E-state index is 0.173. The van der Waals surface area contributed by atoms with Crippen molar-refractivity contribution in [1.82, 2.24) is 0 Å². The topological polar surface area (TPSA) is 44.5 Å². The van der Waals surface area contributed by atoms with Gasteiger partial charge in [-0.25, -0.2) is 0 Å². The third kappa shape index (κ3) is 2.86. The lowest BCUT2D eigenvalue weighted by molar-refractivity contribution is 0.265. The molecule has 0 saturated heterocycles. The summed E-state index contributed by atoms with van der Waals surface area (Å²) >= 11 is 0. The third-order valence-corrected chi connectivity index (χ3v) is 4.41. The zero-order valence-electron chi connectivity index (χ0n) is 12.1. The molecule has 0 atom stereocenters. The lowest BCUT2D eigenvalue weighted by Gasteiger charge is -2.38. The number of benzene rings is 1. The number of nitrogens with two attached hydrogens (primary N) is 1. The van der Waals surface area contributed by atoms with Crippen LogP contribution in [0.2, 0.25) is 0 Å². The van der Waals surface area contributed by atoms with Gasteiger partial charge in [0.1, 0.15) is 11.5 Å². The molecule has 0 heterocycles. The lowest BCUT2D eigenvalue weighted by Crippen LogP contribution is -2.32. The van der Waals surface area contributed by atoms with Crippen LogP contribution in [-0.4, -0.2) is 20.8 Å². The van der Waals surface area contributed by atoms with Crippen molar-refractivity contribution in [3.63, 3.8) is 0 Å². The summed E-state index contributed by atoms with van der Waals surface area (Å²) in [5.74, 6) is 1.87. The normalized spacial score (nSPS) is 18.1. The third-order valence-electron chi connectivity index (χ3n) is 4.41. The van der Waals surface area contributed by atoms with Crippen molar-refractivity contribution in [3.05, 3.63) is 23.8 Å². The maximum Gasteiger partial charge on any atom is 0.122 e. The fraction of sp³-hybridized carbons (Fsp3) is 0.625. The number of methoxy groups -OCH3 is 2. The van der Waals surface area contributed by atoms with Crippen LogP contribution in [0.4, 0.5) is 0 Å². The zero-order chi connectivity index (χ0) is 13.7. The van der Waals surface area contributed by atoms with Gasteiger partial charge in [0, 0.05) is 11.0 Å². The molecule has 0 unspecified atom stereocenters. The van der Waals surface area contributed by atoms with Gasteiger partial charge in [-0.3, -0.25) is 0 Å². The highest BCUT2D eigenvalue weighted by Gasteiger charge is 2.35. The van der Waals surface area contributed by atoms with Crippen LogP contribution in [0.15, 0.2) is 18.2 Å². The first-order valence-electron chi connectivity index (χ1n) is 7.18. The van der Waals surface area contributed by atoms with Gasteiger partial charge in [-0.1, -0.05) is 19.3 Å².